The van der Waals surface area contributed by atoms with E-state index in [2.05, 4.69) is 0 Å². The van der Waals surface area contributed by atoms with Crippen molar-refractivity contribution < 1.29 is 9.84 Å². The summed E-state index contributed by atoms with van der Waals surface area (Å²) >= 11 is 7.50. The predicted molar refractivity (Wildman–Crippen MR) is 70.9 cm³/mol. The highest BCUT2D eigenvalue weighted by Gasteiger charge is 2.02. The Labute approximate surface area is 109 Å². The summed E-state index contributed by atoms with van der Waals surface area (Å²) in [4.78, 5) is 1.13. The van der Waals surface area contributed by atoms with Gasteiger partial charge < -0.3 is 9.84 Å². The van der Waals surface area contributed by atoms with E-state index in [4.69, 9.17) is 16.3 Å². The zero-order chi connectivity index (χ0) is 12.1. The van der Waals surface area contributed by atoms with Crippen LogP contribution in [0.1, 0.15) is 0 Å². The molecule has 4 heteroatoms. The van der Waals surface area contributed by atoms with Gasteiger partial charge in [0, 0.05) is 11.0 Å². The molecule has 0 aliphatic rings. The Kier molecular flexibility index (Phi) is 4.18. The van der Waals surface area contributed by atoms with E-state index in [0.29, 0.717) is 16.7 Å². The highest BCUT2D eigenvalue weighted by molar-refractivity contribution is 7.99. The van der Waals surface area contributed by atoms with Crippen molar-refractivity contribution in [2.45, 2.75) is 4.90 Å². The Morgan fingerprint density at radius 1 is 1.12 bits per heavy atom. The van der Waals surface area contributed by atoms with Gasteiger partial charge >= 0.3 is 0 Å². The maximum Gasteiger partial charge on any atom is 0.142 e. The van der Waals surface area contributed by atoms with Crippen LogP contribution in [-0.2, 0) is 0 Å². The van der Waals surface area contributed by atoms with Crippen molar-refractivity contribution in [2.24, 2.45) is 0 Å². The molecule has 0 saturated carbocycles. The molecular formula is C13H11ClO2S. The van der Waals surface area contributed by atoms with Crippen molar-refractivity contribution in [1.29, 1.82) is 0 Å². The van der Waals surface area contributed by atoms with Crippen molar-refractivity contribution in [3.05, 3.63) is 53.6 Å². The third kappa shape index (κ3) is 3.58. The van der Waals surface area contributed by atoms with E-state index in [1.807, 2.05) is 30.3 Å². The van der Waals surface area contributed by atoms with Gasteiger partial charge in [0.25, 0.3) is 0 Å². The maximum atomic E-state index is 9.31. The van der Waals surface area contributed by atoms with E-state index in [1.165, 1.54) is 12.1 Å². The Balaban J connectivity index is 1.92. The summed E-state index contributed by atoms with van der Waals surface area (Å²) in [6, 6.07) is 14.6. The molecule has 2 rings (SSSR count). The van der Waals surface area contributed by atoms with Crippen molar-refractivity contribution in [3.8, 4) is 11.5 Å². The highest BCUT2D eigenvalue weighted by Crippen LogP contribution is 2.29. The van der Waals surface area contributed by atoms with E-state index in [-0.39, 0.29) is 5.75 Å². The molecule has 0 bridgehead atoms. The summed E-state index contributed by atoms with van der Waals surface area (Å²) in [5.74, 6) is 1.09. The van der Waals surface area contributed by atoms with Crippen molar-refractivity contribution in [3.63, 3.8) is 0 Å². The van der Waals surface area contributed by atoms with Crippen LogP contribution in [0.15, 0.2) is 53.4 Å². The van der Waals surface area contributed by atoms with E-state index in [0.717, 1.165) is 4.90 Å². The smallest absolute Gasteiger partial charge is 0.142 e. The average molecular weight is 267 g/mol. The van der Waals surface area contributed by atoms with Gasteiger partial charge in [-0.05, 0) is 24.3 Å². The summed E-state index contributed by atoms with van der Waals surface area (Å²) in [6.45, 7) is 0. The molecule has 0 spiro atoms. The zero-order valence-corrected chi connectivity index (χ0v) is 10.5. The third-order valence-corrected chi connectivity index (χ3v) is 3.25. The second-order valence-electron chi connectivity index (χ2n) is 3.33. The number of phenolic OH excluding ortho intramolecular Hbond substituents is 1. The number of phenols is 1. The molecule has 0 saturated heterocycles. The third-order valence-electron chi connectivity index (χ3n) is 2.10. The van der Waals surface area contributed by atoms with Gasteiger partial charge in [-0.1, -0.05) is 41.6 Å². The Morgan fingerprint density at radius 2 is 1.88 bits per heavy atom. The quantitative estimate of drug-likeness (QED) is 0.665. The van der Waals surface area contributed by atoms with Crippen LogP contribution in [0.2, 0.25) is 5.02 Å². The van der Waals surface area contributed by atoms with Crippen molar-refractivity contribution in [2.75, 3.05) is 5.94 Å². The lowest BCUT2D eigenvalue weighted by atomic mass is 10.3. The zero-order valence-electron chi connectivity index (χ0n) is 8.97. The molecule has 2 aromatic carbocycles. The fraction of sp³-hybridized carbons (Fsp3) is 0.0769. The minimum atomic E-state index is 0.147. The topological polar surface area (TPSA) is 29.5 Å². The SMILES string of the molecule is Oc1ccc(Cl)c(OCSc2ccccc2)c1. The molecule has 0 fully saturated rings. The van der Waals surface area contributed by atoms with Crippen molar-refractivity contribution in [1.82, 2.24) is 0 Å². The monoisotopic (exact) mass is 266 g/mol. The van der Waals surface area contributed by atoms with Crippen LogP contribution < -0.4 is 4.74 Å². The van der Waals surface area contributed by atoms with Gasteiger partial charge in [-0.15, -0.1) is 0 Å². The molecule has 0 aliphatic heterocycles. The molecule has 2 nitrogen and oxygen atoms in total. The molecular weight excluding hydrogens is 256 g/mol. The highest BCUT2D eigenvalue weighted by atomic mass is 35.5. The van der Waals surface area contributed by atoms with E-state index in [1.54, 1.807) is 17.8 Å². The van der Waals surface area contributed by atoms with Crippen LogP contribution in [0.25, 0.3) is 0 Å². The predicted octanol–water partition coefficient (Wildman–Crippen LogP) is 4.17. The van der Waals surface area contributed by atoms with Gasteiger partial charge in [0.2, 0.25) is 0 Å². The standard InChI is InChI=1S/C13H11ClO2S/c14-12-7-6-10(15)8-13(12)16-9-17-11-4-2-1-3-5-11/h1-8,15H,9H2. The second-order valence-corrected chi connectivity index (χ2v) is 4.74. The number of hydrogen-bond donors (Lipinski definition) is 1. The fourth-order valence-electron chi connectivity index (χ4n) is 1.28. The van der Waals surface area contributed by atoms with E-state index < -0.39 is 0 Å². The number of benzene rings is 2. The molecule has 1 N–H and O–H groups in total. The Hall–Kier alpha value is -1.32. The molecule has 0 aliphatic carbocycles. The van der Waals surface area contributed by atoms with Crippen LogP contribution in [0.4, 0.5) is 0 Å². The summed E-state index contributed by atoms with van der Waals surface area (Å²) in [6.07, 6.45) is 0. The van der Waals surface area contributed by atoms with Crippen LogP contribution in [0.3, 0.4) is 0 Å². The fourth-order valence-corrected chi connectivity index (χ4v) is 2.12. The summed E-state index contributed by atoms with van der Waals surface area (Å²) in [7, 11) is 0. The number of aromatic hydroxyl groups is 1. The number of thioether (sulfide) groups is 1. The van der Waals surface area contributed by atoms with Crippen molar-refractivity contribution >= 4 is 23.4 Å². The van der Waals surface area contributed by atoms with Gasteiger partial charge in [0.1, 0.15) is 17.4 Å². The van der Waals surface area contributed by atoms with E-state index >= 15 is 0 Å². The Bertz CT molecular complexity index is 488. The minimum Gasteiger partial charge on any atom is -0.508 e. The van der Waals surface area contributed by atoms with Crippen LogP contribution in [0.5, 0.6) is 11.5 Å². The first-order chi connectivity index (χ1) is 8.25. The Morgan fingerprint density at radius 3 is 2.65 bits per heavy atom. The van der Waals surface area contributed by atoms with Gasteiger partial charge in [-0.3, -0.25) is 0 Å². The van der Waals surface area contributed by atoms with E-state index in [9.17, 15) is 5.11 Å². The maximum absolute atomic E-state index is 9.31. The lowest BCUT2D eigenvalue weighted by Crippen LogP contribution is -1.93. The molecule has 0 amide bonds. The first kappa shape index (κ1) is 12.1. The summed E-state index contributed by atoms with van der Waals surface area (Å²) in [5, 5.41) is 9.81. The van der Waals surface area contributed by atoms with Crippen LogP contribution in [0, 0.1) is 0 Å². The minimum absolute atomic E-state index is 0.147. The van der Waals surface area contributed by atoms with Gasteiger partial charge in [0.15, 0.2) is 0 Å². The summed E-state index contributed by atoms with van der Waals surface area (Å²) < 4.78 is 5.49. The van der Waals surface area contributed by atoms with Crippen LogP contribution in [-0.4, -0.2) is 11.0 Å². The lowest BCUT2D eigenvalue weighted by Gasteiger charge is -2.07. The molecule has 0 radical (unpaired) electrons. The molecule has 2 aromatic rings. The first-order valence-corrected chi connectivity index (χ1v) is 6.41. The average Bonchev–Trinajstić information content (AvgIpc) is 2.35. The molecule has 0 aromatic heterocycles. The second kappa shape index (κ2) is 5.84. The van der Waals surface area contributed by atoms with Crippen LogP contribution >= 0.6 is 23.4 Å². The number of ether oxygens (including phenoxy) is 1. The molecule has 0 heterocycles. The number of hydrogen-bond acceptors (Lipinski definition) is 3. The lowest BCUT2D eigenvalue weighted by molar-refractivity contribution is 0.388. The number of rotatable bonds is 4. The van der Waals surface area contributed by atoms with Gasteiger partial charge in [-0.25, -0.2) is 0 Å². The molecule has 88 valence electrons. The van der Waals surface area contributed by atoms with Gasteiger partial charge in [0.05, 0.1) is 5.02 Å². The molecule has 0 unspecified atom stereocenters. The molecule has 17 heavy (non-hydrogen) atoms. The normalized spacial score (nSPS) is 10.2. The number of halogens is 1. The van der Waals surface area contributed by atoms with Gasteiger partial charge in [-0.2, -0.15) is 0 Å². The first-order valence-electron chi connectivity index (χ1n) is 5.05. The largest absolute Gasteiger partial charge is 0.508 e. The summed E-state index contributed by atoms with van der Waals surface area (Å²) in [5.41, 5.74) is 0. The molecule has 0 atom stereocenters.